The predicted octanol–water partition coefficient (Wildman–Crippen LogP) is 1.35. The highest BCUT2D eigenvalue weighted by molar-refractivity contribution is 7.91. The number of likely N-dealkylation sites (N-methyl/N-ethyl adjacent to an activating group) is 1. The van der Waals surface area contributed by atoms with Crippen LogP contribution in [0, 0.1) is 13.8 Å². The van der Waals surface area contributed by atoms with Crippen LogP contribution in [-0.2, 0) is 25.9 Å². The lowest BCUT2D eigenvalue weighted by Gasteiger charge is -2.23. The Labute approximate surface area is 170 Å². The second-order valence-electron chi connectivity index (χ2n) is 7.33. The zero-order chi connectivity index (χ0) is 21.2. The van der Waals surface area contributed by atoms with Crippen molar-refractivity contribution in [1.82, 2.24) is 14.7 Å². The summed E-state index contributed by atoms with van der Waals surface area (Å²) in [6, 6.07) is 9.39. The monoisotopic (exact) mass is 419 g/mol. The van der Waals surface area contributed by atoms with E-state index in [0.717, 1.165) is 5.56 Å². The van der Waals surface area contributed by atoms with Crippen molar-refractivity contribution >= 4 is 21.7 Å². The molecule has 1 aliphatic rings. The quantitative estimate of drug-likeness (QED) is 0.656. The average Bonchev–Trinajstić information content (AvgIpc) is 3.18. The van der Waals surface area contributed by atoms with E-state index < -0.39 is 28.3 Å². The van der Waals surface area contributed by atoms with Crippen LogP contribution < -0.4 is 0 Å². The Kier molecular flexibility index (Phi) is 6.07. The summed E-state index contributed by atoms with van der Waals surface area (Å²) in [5.74, 6) is -1.01. The highest BCUT2D eigenvalue weighted by atomic mass is 32.2. The van der Waals surface area contributed by atoms with Crippen LogP contribution in [0.15, 0.2) is 30.3 Å². The van der Waals surface area contributed by atoms with E-state index in [2.05, 4.69) is 5.10 Å². The molecule has 9 heteroatoms. The van der Waals surface area contributed by atoms with Crippen molar-refractivity contribution in [3.8, 4) is 0 Å². The van der Waals surface area contributed by atoms with Gasteiger partial charge in [0.25, 0.3) is 5.91 Å². The normalized spacial score (nSPS) is 17.8. The molecule has 0 N–H and O–H groups in total. The summed E-state index contributed by atoms with van der Waals surface area (Å²) in [6.45, 7) is 3.60. The van der Waals surface area contributed by atoms with Crippen molar-refractivity contribution in [3.05, 3.63) is 52.8 Å². The molecular formula is C20H25N3O5S. The van der Waals surface area contributed by atoms with E-state index in [1.807, 2.05) is 30.3 Å². The van der Waals surface area contributed by atoms with Crippen LogP contribution in [0.5, 0.6) is 0 Å². The van der Waals surface area contributed by atoms with E-state index in [4.69, 9.17) is 4.74 Å². The van der Waals surface area contributed by atoms with Crippen molar-refractivity contribution < 1.29 is 22.7 Å². The number of esters is 1. The molecule has 0 saturated carbocycles. The number of sulfone groups is 1. The molecule has 8 nitrogen and oxygen atoms in total. The number of rotatable bonds is 6. The number of benzene rings is 1. The van der Waals surface area contributed by atoms with E-state index in [0.29, 0.717) is 29.9 Å². The highest BCUT2D eigenvalue weighted by Crippen LogP contribution is 2.18. The van der Waals surface area contributed by atoms with Crippen LogP contribution >= 0.6 is 0 Å². The Hall–Kier alpha value is -2.68. The van der Waals surface area contributed by atoms with E-state index in [1.165, 1.54) is 11.9 Å². The number of amides is 1. The molecule has 1 fully saturated rings. The fraction of sp³-hybridized carbons (Fsp3) is 0.450. The first-order valence-electron chi connectivity index (χ1n) is 9.39. The third kappa shape index (κ3) is 4.84. The molecule has 0 spiro atoms. The predicted molar refractivity (Wildman–Crippen MR) is 107 cm³/mol. The van der Waals surface area contributed by atoms with Gasteiger partial charge in [0.1, 0.15) is 5.56 Å². The lowest BCUT2D eigenvalue weighted by Crippen LogP contribution is -2.40. The summed E-state index contributed by atoms with van der Waals surface area (Å²) in [7, 11) is -1.56. The largest absolute Gasteiger partial charge is 0.452 e. The van der Waals surface area contributed by atoms with Gasteiger partial charge in [0, 0.05) is 13.1 Å². The molecule has 2 aromatic rings. The van der Waals surface area contributed by atoms with Crippen molar-refractivity contribution in [2.45, 2.75) is 32.9 Å². The molecule has 0 radical (unpaired) electrons. The van der Waals surface area contributed by atoms with Gasteiger partial charge < -0.3 is 9.64 Å². The van der Waals surface area contributed by atoms with E-state index in [-0.39, 0.29) is 17.5 Å². The Morgan fingerprint density at radius 1 is 1.24 bits per heavy atom. The van der Waals surface area contributed by atoms with Crippen LogP contribution in [0.25, 0.3) is 0 Å². The number of aryl methyl sites for hydroxylation is 1. The fourth-order valence-corrected chi connectivity index (χ4v) is 5.26. The highest BCUT2D eigenvalue weighted by Gasteiger charge is 2.33. The summed E-state index contributed by atoms with van der Waals surface area (Å²) < 4.78 is 30.1. The van der Waals surface area contributed by atoms with Gasteiger partial charge in [-0.1, -0.05) is 30.3 Å². The molecule has 1 saturated heterocycles. The smallest absolute Gasteiger partial charge is 0.342 e. The molecule has 1 aliphatic heterocycles. The number of hydrogen-bond donors (Lipinski definition) is 0. The van der Waals surface area contributed by atoms with Crippen molar-refractivity contribution in [1.29, 1.82) is 0 Å². The van der Waals surface area contributed by atoms with Crippen molar-refractivity contribution in [2.75, 3.05) is 25.2 Å². The standard InChI is InChI=1S/C20H25N3O5S/c1-14-19(15(2)23(21-14)11-16-7-5-4-6-8-16)20(25)28-12-18(24)22(3)17-9-10-29(26,27)13-17/h4-8,17H,9-13H2,1-3H3/t17-/m0/s1. The van der Waals surface area contributed by atoms with Gasteiger partial charge >= 0.3 is 5.97 Å². The Bertz CT molecular complexity index is 1010. The number of ether oxygens (including phenoxy) is 1. The molecule has 29 heavy (non-hydrogen) atoms. The third-order valence-corrected chi connectivity index (χ3v) is 6.99. The summed E-state index contributed by atoms with van der Waals surface area (Å²) >= 11 is 0. The molecule has 2 heterocycles. The summed E-state index contributed by atoms with van der Waals surface area (Å²) in [6.07, 6.45) is 0.406. The number of aromatic nitrogens is 2. The minimum atomic E-state index is -3.10. The molecule has 1 amide bonds. The molecule has 3 rings (SSSR count). The Balaban J connectivity index is 1.63. The summed E-state index contributed by atoms with van der Waals surface area (Å²) in [4.78, 5) is 26.2. The first kappa shape index (κ1) is 21.0. The molecule has 0 bridgehead atoms. The molecule has 1 aromatic carbocycles. The third-order valence-electron chi connectivity index (χ3n) is 5.24. The van der Waals surface area contributed by atoms with Crippen LogP contribution in [-0.4, -0.2) is 66.2 Å². The second kappa shape index (κ2) is 8.36. The van der Waals surface area contributed by atoms with E-state index in [9.17, 15) is 18.0 Å². The van der Waals surface area contributed by atoms with Gasteiger partial charge in [-0.25, -0.2) is 13.2 Å². The maximum Gasteiger partial charge on any atom is 0.342 e. The van der Waals surface area contributed by atoms with Crippen LogP contribution in [0.1, 0.15) is 33.7 Å². The zero-order valence-electron chi connectivity index (χ0n) is 16.8. The number of carbonyl (C=O) groups is 2. The lowest BCUT2D eigenvalue weighted by atomic mass is 10.2. The van der Waals surface area contributed by atoms with Crippen molar-refractivity contribution in [3.63, 3.8) is 0 Å². The first-order chi connectivity index (χ1) is 13.7. The number of hydrogen-bond acceptors (Lipinski definition) is 6. The van der Waals surface area contributed by atoms with Gasteiger partial charge in [-0.15, -0.1) is 0 Å². The van der Waals surface area contributed by atoms with Crippen molar-refractivity contribution in [2.24, 2.45) is 0 Å². The summed E-state index contributed by atoms with van der Waals surface area (Å²) in [5, 5.41) is 4.42. The molecule has 0 unspecified atom stereocenters. The Morgan fingerprint density at radius 2 is 1.93 bits per heavy atom. The van der Waals surface area contributed by atoms with Crippen LogP contribution in [0.2, 0.25) is 0 Å². The summed E-state index contributed by atoms with van der Waals surface area (Å²) in [5.41, 5.74) is 2.60. The average molecular weight is 420 g/mol. The molecule has 156 valence electrons. The topological polar surface area (TPSA) is 98.6 Å². The lowest BCUT2D eigenvalue weighted by molar-refractivity contribution is -0.134. The van der Waals surface area contributed by atoms with E-state index in [1.54, 1.807) is 18.5 Å². The maximum absolute atomic E-state index is 12.6. The second-order valence-corrected chi connectivity index (χ2v) is 9.56. The van der Waals surface area contributed by atoms with Crippen LogP contribution in [0.4, 0.5) is 0 Å². The zero-order valence-corrected chi connectivity index (χ0v) is 17.6. The van der Waals surface area contributed by atoms with Gasteiger partial charge in [-0.2, -0.15) is 5.10 Å². The Morgan fingerprint density at radius 3 is 2.55 bits per heavy atom. The fourth-order valence-electron chi connectivity index (χ4n) is 3.49. The van der Waals surface area contributed by atoms with Gasteiger partial charge in [-0.3, -0.25) is 9.48 Å². The molecule has 1 atom stereocenters. The van der Waals surface area contributed by atoms with Gasteiger partial charge in [0.15, 0.2) is 16.4 Å². The van der Waals surface area contributed by atoms with E-state index >= 15 is 0 Å². The molecular weight excluding hydrogens is 394 g/mol. The minimum absolute atomic E-state index is 0.0480. The van der Waals surface area contributed by atoms with Crippen LogP contribution in [0.3, 0.4) is 0 Å². The van der Waals surface area contributed by atoms with Gasteiger partial charge in [0.2, 0.25) is 0 Å². The number of nitrogens with zero attached hydrogens (tertiary/aromatic N) is 3. The number of carbonyl (C=O) groups excluding carboxylic acids is 2. The SMILES string of the molecule is Cc1nn(Cc2ccccc2)c(C)c1C(=O)OCC(=O)N(C)[C@H]1CCS(=O)(=O)C1. The maximum atomic E-state index is 12.6. The minimum Gasteiger partial charge on any atom is -0.452 e. The molecule has 0 aliphatic carbocycles. The van der Waals surface area contributed by atoms with Gasteiger partial charge in [-0.05, 0) is 25.8 Å². The van der Waals surface area contributed by atoms with Gasteiger partial charge in [0.05, 0.1) is 29.4 Å². The first-order valence-corrected chi connectivity index (χ1v) is 11.2. The molecule has 1 aromatic heterocycles.